The van der Waals surface area contributed by atoms with Crippen molar-refractivity contribution in [1.29, 1.82) is 0 Å². The zero-order valence-corrected chi connectivity index (χ0v) is 19.6. The lowest BCUT2D eigenvalue weighted by molar-refractivity contribution is 0.296. The van der Waals surface area contributed by atoms with E-state index in [4.69, 9.17) is 4.74 Å². The van der Waals surface area contributed by atoms with E-state index >= 15 is 0 Å². The molecular formula is C30H31F3O. The fraction of sp³-hybridized carbons (Fsp3) is 0.333. The van der Waals surface area contributed by atoms with Crippen LogP contribution in [-0.2, 0) is 6.42 Å². The molecule has 0 heterocycles. The van der Waals surface area contributed by atoms with Crippen LogP contribution in [0.1, 0.15) is 44.6 Å². The Kier molecular flexibility index (Phi) is 7.77. The van der Waals surface area contributed by atoms with Gasteiger partial charge in [-0.25, -0.2) is 13.2 Å². The van der Waals surface area contributed by atoms with Crippen molar-refractivity contribution in [1.82, 2.24) is 0 Å². The van der Waals surface area contributed by atoms with Crippen LogP contribution in [0.3, 0.4) is 0 Å². The molecule has 0 saturated heterocycles. The molecule has 3 aromatic carbocycles. The monoisotopic (exact) mass is 464 g/mol. The summed E-state index contributed by atoms with van der Waals surface area (Å²) in [7, 11) is 0. The van der Waals surface area contributed by atoms with Crippen molar-refractivity contribution in [3.05, 3.63) is 90.3 Å². The van der Waals surface area contributed by atoms with Crippen molar-refractivity contribution < 1.29 is 17.9 Å². The van der Waals surface area contributed by atoms with Crippen LogP contribution < -0.4 is 4.74 Å². The van der Waals surface area contributed by atoms with E-state index < -0.39 is 11.6 Å². The van der Waals surface area contributed by atoms with E-state index in [1.807, 2.05) is 6.07 Å². The van der Waals surface area contributed by atoms with Crippen LogP contribution in [0, 0.1) is 29.3 Å². The molecule has 0 spiro atoms. The van der Waals surface area contributed by atoms with Gasteiger partial charge in [0.05, 0.1) is 6.61 Å². The van der Waals surface area contributed by atoms with Crippen LogP contribution in [-0.4, -0.2) is 6.61 Å². The maximum atomic E-state index is 14.9. The number of ether oxygens (including phenoxy) is 1. The minimum atomic E-state index is -0.543. The maximum Gasteiger partial charge on any atom is 0.165 e. The number of rotatable bonds is 8. The highest BCUT2D eigenvalue weighted by Crippen LogP contribution is 2.34. The Labute approximate surface area is 200 Å². The summed E-state index contributed by atoms with van der Waals surface area (Å²) >= 11 is 0. The van der Waals surface area contributed by atoms with Crippen molar-refractivity contribution in [2.45, 2.75) is 45.4 Å². The van der Waals surface area contributed by atoms with Gasteiger partial charge < -0.3 is 4.74 Å². The Hall–Kier alpha value is -3.01. The number of aryl methyl sites for hydroxylation is 1. The number of allylic oxidation sites excluding steroid dienone is 1. The van der Waals surface area contributed by atoms with E-state index in [9.17, 15) is 13.2 Å². The first-order chi connectivity index (χ1) is 16.5. The highest BCUT2D eigenvalue weighted by Gasteiger charge is 2.19. The second kappa shape index (κ2) is 10.9. The van der Waals surface area contributed by atoms with Crippen molar-refractivity contribution in [3.63, 3.8) is 0 Å². The molecule has 4 heteroatoms. The fourth-order valence-corrected chi connectivity index (χ4v) is 4.89. The van der Waals surface area contributed by atoms with Gasteiger partial charge in [-0.05, 0) is 98.2 Å². The highest BCUT2D eigenvalue weighted by atomic mass is 19.1. The van der Waals surface area contributed by atoms with Gasteiger partial charge in [0, 0.05) is 11.1 Å². The minimum absolute atomic E-state index is 0.134. The Morgan fingerprint density at radius 3 is 2.03 bits per heavy atom. The molecule has 178 valence electrons. The van der Waals surface area contributed by atoms with Crippen LogP contribution in [0.25, 0.3) is 22.3 Å². The molecular weight excluding hydrogens is 433 g/mol. The molecule has 3 aromatic rings. The molecule has 0 atom stereocenters. The van der Waals surface area contributed by atoms with E-state index in [0.29, 0.717) is 35.1 Å². The molecule has 1 aliphatic rings. The molecule has 34 heavy (non-hydrogen) atoms. The van der Waals surface area contributed by atoms with Crippen LogP contribution in [0.15, 0.2) is 67.3 Å². The normalized spacial score (nSPS) is 18.0. The van der Waals surface area contributed by atoms with E-state index in [1.54, 1.807) is 37.3 Å². The number of hydrogen-bond acceptors (Lipinski definition) is 1. The lowest BCUT2D eigenvalue weighted by Crippen LogP contribution is -2.13. The molecule has 4 rings (SSSR count). The topological polar surface area (TPSA) is 9.23 Å². The molecule has 1 aliphatic carbocycles. The number of benzene rings is 3. The van der Waals surface area contributed by atoms with E-state index in [0.717, 1.165) is 18.4 Å². The molecule has 0 aromatic heterocycles. The van der Waals surface area contributed by atoms with E-state index in [1.165, 1.54) is 43.9 Å². The van der Waals surface area contributed by atoms with Gasteiger partial charge in [-0.1, -0.05) is 36.4 Å². The molecule has 0 N–H and O–H groups in total. The predicted molar refractivity (Wildman–Crippen MR) is 132 cm³/mol. The Balaban J connectivity index is 1.45. The van der Waals surface area contributed by atoms with Gasteiger partial charge in [0.25, 0.3) is 0 Å². The second-order valence-electron chi connectivity index (χ2n) is 9.14. The summed E-state index contributed by atoms with van der Waals surface area (Å²) in [5, 5.41) is 0. The van der Waals surface area contributed by atoms with E-state index in [2.05, 4.69) is 12.7 Å². The zero-order valence-electron chi connectivity index (χ0n) is 19.6. The van der Waals surface area contributed by atoms with Gasteiger partial charge in [-0.15, -0.1) is 6.58 Å². The summed E-state index contributed by atoms with van der Waals surface area (Å²) < 4.78 is 49.2. The third-order valence-electron chi connectivity index (χ3n) is 6.92. The third kappa shape index (κ3) is 5.55. The van der Waals surface area contributed by atoms with Crippen molar-refractivity contribution in [2.24, 2.45) is 11.8 Å². The van der Waals surface area contributed by atoms with E-state index in [-0.39, 0.29) is 17.1 Å². The van der Waals surface area contributed by atoms with Crippen molar-refractivity contribution >= 4 is 0 Å². The average Bonchev–Trinajstić information content (AvgIpc) is 2.84. The number of hydrogen-bond donors (Lipinski definition) is 0. The van der Waals surface area contributed by atoms with Gasteiger partial charge in [-0.3, -0.25) is 0 Å². The predicted octanol–water partition coefficient (Wildman–Crippen LogP) is 8.76. The first-order valence-electron chi connectivity index (χ1n) is 12.1. The molecule has 0 radical (unpaired) electrons. The molecule has 1 saturated carbocycles. The SMILES string of the molecule is C=CC1CCC(CCc2ccc(-c3ccc(-c4ccc(OCC)c(F)c4)c(F)c3)c(F)c2)CC1. The second-order valence-corrected chi connectivity index (χ2v) is 9.14. The van der Waals surface area contributed by atoms with Crippen LogP contribution in [0.2, 0.25) is 0 Å². The van der Waals surface area contributed by atoms with Gasteiger partial charge in [0.15, 0.2) is 11.6 Å². The lowest BCUT2D eigenvalue weighted by atomic mass is 9.79. The summed E-state index contributed by atoms with van der Waals surface area (Å²) in [6.45, 7) is 6.02. The zero-order chi connectivity index (χ0) is 24.1. The Bertz CT molecular complexity index is 1150. The average molecular weight is 465 g/mol. The maximum absolute atomic E-state index is 14.9. The largest absolute Gasteiger partial charge is 0.491 e. The van der Waals surface area contributed by atoms with Gasteiger partial charge in [0.1, 0.15) is 11.6 Å². The quantitative estimate of drug-likeness (QED) is 0.303. The van der Waals surface area contributed by atoms with Crippen LogP contribution >= 0.6 is 0 Å². The molecule has 0 bridgehead atoms. The Morgan fingerprint density at radius 1 is 0.824 bits per heavy atom. The summed E-state index contributed by atoms with van der Waals surface area (Å²) in [4.78, 5) is 0. The van der Waals surface area contributed by atoms with Crippen LogP contribution in [0.5, 0.6) is 5.75 Å². The minimum Gasteiger partial charge on any atom is -0.491 e. The van der Waals surface area contributed by atoms with Crippen LogP contribution in [0.4, 0.5) is 13.2 Å². The standard InChI is InChI=1S/C30H31F3O/c1-3-20-5-7-21(8-6-20)9-10-22-11-14-25(27(31)17-22)23-12-15-26(28(32)18-23)24-13-16-30(34-4-2)29(33)19-24/h3,11-21H,1,4-10H2,2H3. The molecule has 1 nitrogen and oxygen atoms in total. The summed E-state index contributed by atoms with van der Waals surface area (Å²) in [5.74, 6) is 0.0427. The van der Waals surface area contributed by atoms with Gasteiger partial charge in [-0.2, -0.15) is 0 Å². The molecule has 0 amide bonds. The van der Waals surface area contributed by atoms with Crippen molar-refractivity contribution in [2.75, 3.05) is 6.61 Å². The molecule has 1 fully saturated rings. The van der Waals surface area contributed by atoms with Gasteiger partial charge >= 0.3 is 0 Å². The number of halogens is 3. The van der Waals surface area contributed by atoms with Crippen molar-refractivity contribution in [3.8, 4) is 28.0 Å². The summed E-state index contributed by atoms with van der Waals surface area (Å²) in [6.07, 6.45) is 8.79. The lowest BCUT2D eigenvalue weighted by Gasteiger charge is -2.26. The highest BCUT2D eigenvalue weighted by molar-refractivity contribution is 5.72. The third-order valence-corrected chi connectivity index (χ3v) is 6.92. The first kappa shape index (κ1) is 24.1. The smallest absolute Gasteiger partial charge is 0.165 e. The molecule has 0 unspecified atom stereocenters. The van der Waals surface area contributed by atoms with Gasteiger partial charge in [0.2, 0.25) is 0 Å². The first-order valence-corrected chi connectivity index (χ1v) is 12.1. The summed E-state index contributed by atoms with van der Waals surface area (Å²) in [5.41, 5.74) is 2.45. The Morgan fingerprint density at radius 2 is 1.44 bits per heavy atom. The molecule has 0 aliphatic heterocycles. The fourth-order valence-electron chi connectivity index (χ4n) is 4.89. The summed E-state index contributed by atoms with van der Waals surface area (Å²) in [6, 6.07) is 14.1.